The zero-order valence-corrected chi connectivity index (χ0v) is 14.5. The van der Waals surface area contributed by atoms with E-state index in [9.17, 15) is 4.79 Å². The largest absolute Gasteiger partial charge is 0.454 e. The fraction of sp³-hybridized carbons (Fsp3) is 0.200. The van der Waals surface area contributed by atoms with Crippen molar-refractivity contribution < 1.29 is 14.3 Å². The number of nitrogens with zero attached hydrogens (tertiary/aromatic N) is 3. The van der Waals surface area contributed by atoms with Crippen LogP contribution >= 0.6 is 0 Å². The number of carbonyl (C=O) groups is 1. The molecule has 0 saturated carbocycles. The first kappa shape index (κ1) is 16.2. The monoisotopic (exact) mass is 349 g/mol. The number of amides is 1. The van der Waals surface area contributed by atoms with Gasteiger partial charge in [-0.05, 0) is 41.5 Å². The van der Waals surface area contributed by atoms with Crippen molar-refractivity contribution in [1.82, 2.24) is 14.7 Å². The molecule has 132 valence electrons. The Balaban J connectivity index is 1.42. The molecule has 4 rings (SSSR count). The highest BCUT2D eigenvalue weighted by Gasteiger charge is 2.16. The molecule has 2 heterocycles. The van der Waals surface area contributed by atoms with Gasteiger partial charge in [-0.3, -0.25) is 4.79 Å². The van der Waals surface area contributed by atoms with E-state index in [0.29, 0.717) is 18.7 Å². The van der Waals surface area contributed by atoms with Crippen LogP contribution in [0.15, 0.2) is 60.9 Å². The first-order valence-corrected chi connectivity index (χ1v) is 8.40. The maximum absolute atomic E-state index is 12.6. The van der Waals surface area contributed by atoms with Gasteiger partial charge < -0.3 is 14.4 Å². The molecule has 0 spiro atoms. The first-order chi connectivity index (χ1) is 12.7. The Kier molecular flexibility index (Phi) is 4.31. The van der Waals surface area contributed by atoms with E-state index in [2.05, 4.69) is 5.10 Å². The number of benzene rings is 2. The van der Waals surface area contributed by atoms with Gasteiger partial charge in [0.25, 0.3) is 0 Å². The molecular weight excluding hydrogens is 330 g/mol. The van der Waals surface area contributed by atoms with Gasteiger partial charge in [0.05, 0.1) is 12.1 Å². The average Bonchev–Trinajstić information content (AvgIpc) is 3.33. The van der Waals surface area contributed by atoms with E-state index in [4.69, 9.17) is 9.47 Å². The summed E-state index contributed by atoms with van der Waals surface area (Å²) >= 11 is 0. The van der Waals surface area contributed by atoms with Crippen LogP contribution in [0.1, 0.15) is 11.1 Å². The molecule has 6 nitrogen and oxygen atoms in total. The van der Waals surface area contributed by atoms with Crippen molar-refractivity contribution in [3.05, 3.63) is 72.1 Å². The molecule has 1 aliphatic rings. The summed E-state index contributed by atoms with van der Waals surface area (Å²) in [6.07, 6.45) is 3.97. The van der Waals surface area contributed by atoms with Gasteiger partial charge in [0, 0.05) is 26.0 Å². The third kappa shape index (κ3) is 3.39. The third-order valence-corrected chi connectivity index (χ3v) is 4.32. The van der Waals surface area contributed by atoms with E-state index in [1.54, 1.807) is 15.8 Å². The predicted octanol–water partition coefficient (Wildman–Crippen LogP) is 2.80. The highest BCUT2D eigenvalue weighted by molar-refractivity contribution is 5.78. The summed E-state index contributed by atoms with van der Waals surface area (Å²) in [4.78, 5) is 14.3. The van der Waals surface area contributed by atoms with Crippen molar-refractivity contribution in [2.45, 2.75) is 13.0 Å². The van der Waals surface area contributed by atoms with Crippen molar-refractivity contribution in [3.8, 4) is 17.2 Å². The minimum atomic E-state index is 0.0494. The number of aromatic nitrogens is 2. The number of hydrogen-bond acceptors (Lipinski definition) is 4. The molecule has 2 aromatic carbocycles. The van der Waals surface area contributed by atoms with E-state index in [1.165, 1.54) is 0 Å². The minimum absolute atomic E-state index is 0.0494. The molecule has 0 atom stereocenters. The molecule has 26 heavy (non-hydrogen) atoms. The van der Waals surface area contributed by atoms with Crippen LogP contribution in [0.4, 0.5) is 0 Å². The average molecular weight is 349 g/mol. The van der Waals surface area contributed by atoms with Crippen LogP contribution < -0.4 is 9.47 Å². The number of ether oxygens (including phenoxy) is 2. The van der Waals surface area contributed by atoms with Crippen LogP contribution in [-0.4, -0.2) is 34.4 Å². The zero-order chi connectivity index (χ0) is 17.9. The summed E-state index contributed by atoms with van der Waals surface area (Å²) in [6, 6.07) is 15.5. The van der Waals surface area contributed by atoms with Gasteiger partial charge in [0.15, 0.2) is 11.5 Å². The lowest BCUT2D eigenvalue weighted by atomic mass is 10.1. The summed E-state index contributed by atoms with van der Waals surface area (Å²) in [6.45, 7) is 0.776. The van der Waals surface area contributed by atoms with Gasteiger partial charge in [-0.25, -0.2) is 4.68 Å². The first-order valence-electron chi connectivity index (χ1n) is 8.40. The van der Waals surface area contributed by atoms with Crippen LogP contribution in [0.2, 0.25) is 0 Å². The van der Waals surface area contributed by atoms with Gasteiger partial charge in [0.1, 0.15) is 0 Å². The van der Waals surface area contributed by atoms with Crippen LogP contribution in [0, 0.1) is 0 Å². The summed E-state index contributed by atoms with van der Waals surface area (Å²) in [7, 11) is 1.82. The molecule has 3 aromatic rings. The standard InChI is InChI=1S/C20H19N3O3/c1-22(13-16-4-2-5-17(10-16)23-9-3-8-21-23)20(24)12-15-6-7-18-19(11-15)26-14-25-18/h2-11H,12-14H2,1H3. The van der Waals surface area contributed by atoms with Gasteiger partial charge >= 0.3 is 0 Å². The van der Waals surface area contributed by atoms with Crippen LogP contribution in [0.5, 0.6) is 11.5 Å². The minimum Gasteiger partial charge on any atom is -0.454 e. The Morgan fingerprint density at radius 2 is 2.00 bits per heavy atom. The molecule has 0 saturated heterocycles. The molecule has 0 bridgehead atoms. The van der Waals surface area contributed by atoms with Gasteiger partial charge in [0.2, 0.25) is 12.7 Å². The molecule has 1 amide bonds. The summed E-state index contributed by atoms with van der Waals surface area (Å²) in [5.74, 6) is 1.48. The van der Waals surface area contributed by atoms with E-state index in [1.807, 2.05) is 61.8 Å². The van der Waals surface area contributed by atoms with Crippen LogP contribution in [0.3, 0.4) is 0 Å². The van der Waals surface area contributed by atoms with Crippen molar-refractivity contribution in [2.75, 3.05) is 13.8 Å². The Labute approximate surface area is 151 Å². The van der Waals surface area contributed by atoms with Crippen molar-refractivity contribution >= 4 is 5.91 Å². The van der Waals surface area contributed by atoms with Crippen molar-refractivity contribution in [3.63, 3.8) is 0 Å². The van der Waals surface area contributed by atoms with Crippen molar-refractivity contribution in [1.29, 1.82) is 0 Å². The van der Waals surface area contributed by atoms with Gasteiger partial charge in [-0.15, -0.1) is 0 Å². The smallest absolute Gasteiger partial charge is 0.231 e. The lowest BCUT2D eigenvalue weighted by Gasteiger charge is -2.18. The topological polar surface area (TPSA) is 56.6 Å². The zero-order valence-electron chi connectivity index (χ0n) is 14.5. The molecule has 0 unspecified atom stereocenters. The Morgan fingerprint density at radius 1 is 1.12 bits per heavy atom. The van der Waals surface area contributed by atoms with E-state index < -0.39 is 0 Å². The second kappa shape index (κ2) is 6.92. The van der Waals surface area contributed by atoms with Crippen LogP contribution in [-0.2, 0) is 17.8 Å². The quantitative estimate of drug-likeness (QED) is 0.711. The number of fused-ring (bicyclic) bond motifs is 1. The maximum atomic E-state index is 12.6. The van der Waals surface area contributed by atoms with Crippen molar-refractivity contribution in [2.24, 2.45) is 0 Å². The second-order valence-electron chi connectivity index (χ2n) is 6.23. The summed E-state index contributed by atoms with van der Waals surface area (Å²) < 4.78 is 12.5. The fourth-order valence-corrected chi connectivity index (χ4v) is 2.94. The number of likely N-dealkylation sites (N-methyl/N-ethyl adjacent to an activating group) is 1. The normalized spacial score (nSPS) is 12.2. The number of hydrogen-bond donors (Lipinski definition) is 0. The Morgan fingerprint density at radius 3 is 2.85 bits per heavy atom. The molecule has 1 aromatic heterocycles. The highest BCUT2D eigenvalue weighted by Crippen LogP contribution is 2.32. The number of carbonyl (C=O) groups excluding carboxylic acids is 1. The van der Waals surface area contributed by atoms with Gasteiger partial charge in [-0.2, -0.15) is 5.10 Å². The van der Waals surface area contributed by atoms with E-state index in [0.717, 1.165) is 22.6 Å². The number of rotatable bonds is 5. The molecule has 0 N–H and O–H groups in total. The molecule has 0 fully saturated rings. The molecular formula is C20H19N3O3. The molecule has 1 aliphatic heterocycles. The van der Waals surface area contributed by atoms with Crippen LogP contribution in [0.25, 0.3) is 5.69 Å². The lowest BCUT2D eigenvalue weighted by molar-refractivity contribution is -0.129. The molecule has 6 heteroatoms. The SMILES string of the molecule is CN(Cc1cccc(-n2cccn2)c1)C(=O)Cc1ccc2c(c1)OCO2. The lowest BCUT2D eigenvalue weighted by Crippen LogP contribution is -2.27. The molecule has 0 aliphatic carbocycles. The van der Waals surface area contributed by atoms with E-state index >= 15 is 0 Å². The van der Waals surface area contributed by atoms with Gasteiger partial charge in [-0.1, -0.05) is 18.2 Å². The third-order valence-electron chi connectivity index (χ3n) is 4.32. The Bertz CT molecular complexity index is 922. The van der Waals surface area contributed by atoms with E-state index in [-0.39, 0.29) is 12.7 Å². The fourth-order valence-electron chi connectivity index (χ4n) is 2.94. The predicted molar refractivity (Wildman–Crippen MR) is 96.3 cm³/mol. The maximum Gasteiger partial charge on any atom is 0.231 e. The highest BCUT2D eigenvalue weighted by atomic mass is 16.7. The molecule has 0 radical (unpaired) electrons. The second-order valence-corrected chi connectivity index (χ2v) is 6.23. The summed E-state index contributed by atoms with van der Waals surface area (Å²) in [5, 5.41) is 4.24. The summed E-state index contributed by atoms with van der Waals surface area (Å²) in [5.41, 5.74) is 2.94. The Hall–Kier alpha value is -3.28.